The van der Waals surface area contributed by atoms with Gasteiger partial charge in [0.1, 0.15) is 5.82 Å². The molecular formula is C15H25N3. The predicted octanol–water partition coefficient (Wildman–Crippen LogP) is 3.00. The molecule has 0 aliphatic heterocycles. The summed E-state index contributed by atoms with van der Waals surface area (Å²) < 4.78 is 0. The lowest BCUT2D eigenvalue weighted by molar-refractivity contribution is 0.340. The number of nitrogens with one attached hydrogen (secondary N) is 1. The summed E-state index contributed by atoms with van der Waals surface area (Å²) in [5, 5.41) is 3.64. The van der Waals surface area contributed by atoms with Gasteiger partial charge in [-0.05, 0) is 56.2 Å². The zero-order chi connectivity index (χ0) is 13.0. The van der Waals surface area contributed by atoms with Crippen LogP contribution in [-0.4, -0.2) is 17.6 Å². The van der Waals surface area contributed by atoms with Crippen molar-refractivity contribution < 1.29 is 0 Å². The Bertz CT molecular complexity index is 389. The second-order valence-corrected chi connectivity index (χ2v) is 5.50. The van der Waals surface area contributed by atoms with Crippen LogP contribution in [-0.2, 0) is 0 Å². The van der Waals surface area contributed by atoms with E-state index in [0.717, 1.165) is 12.4 Å². The van der Waals surface area contributed by atoms with Gasteiger partial charge in [0.05, 0.1) is 0 Å². The van der Waals surface area contributed by atoms with Gasteiger partial charge in [0.25, 0.3) is 0 Å². The maximum atomic E-state index is 6.03. The van der Waals surface area contributed by atoms with Gasteiger partial charge < -0.3 is 11.1 Å². The third-order valence-corrected chi connectivity index (χ3v) is 3.88. The zero-order valence-corrected chi connectivity index (χ0v) is 11.6. The highest BCUT2D eigenvalue weighted by atomic mass is 14.9. The van der Waals surface area contributed by atoms with E-state index in [1.807, 2.05) is 6.20 Å². The van der Waals surface area contributed by atoms with Crippen LogP contribution in [0.4, 0.5) is 5.82 Å². The summed E-state index contributed by atoms with van der Waals surface area (Å²) in [7, 11) is 0. The molecular weight excluding hydrogens is 222 g/mol. The van der Waals surface area contributed by atoms with Gasteiger partial charge in [0, 0.05) is 12.2 Å². The first-order chi connectivity index (χ1) is 8.70. The molecule has 0 amide bonds. The van der Waals surface area contributed by atoms with E-state index in [9.17, 15) is 0 Å². The number of rotatable bonds is 4. The topological polar surface area (TPSA) is 50.9 Å². The normalized spacial score (nSPS) is 24.1. The number of nitrogen functional groups attached to an aromatic ring is 1. The Kier molecular flexibility index (Phi) is 4.59. The van der Waals surface area contributed by atoms with Crippen LogP contribution in [0, 0.1) is 6.92 Å². The van der Waals surface area contributed by atoms with Crippen molar-refractivity contribution in [1.29, 1.82) is 0 Å². The van der Waals surface area contributed by atoms with E-state index in [4.69, 9.17) is 5.73 Å². The molecule has 0 radical (unpaired) electrons. The van der Waals surface area contributed by atoms with E-state index in [-0.39, 0.29) is 0 Å². The molecule has 0 aromatic carbocycles. The molecule has 1 aromatic heterocycles. The average Bonchev–Trinajstić information content (AvgIpc) is 2.39. The van der Waals surface area contributed by atoms with Crippen LogP contribution in [0.2, 0.25) is 0 Å². The summed E-state index contributed by atoms with van der Waals surface area (Å²) in [5.41, 5.74) is 8.51. The largest absolute Gasteiger partial charge is 0.383 e. The van der Waals surface area contributed by atoms with Crippen LogP contribution in [0.1, 0.15) is 56.1 Å². The molecule has 100 valence electrons. The molecule has 1 saturated carbocycles. The van der Waals surface area contributed by atoms with Crippen molar-refractivity contribution >= 4 is 5.82 Å². The van der Waals surface area contributed by atoms with Crippen LogP contribution in [0.15, 0.2) is 12.3 Å². The number of pyridine rings is 1. The van der Waals surface area contributed by atoms with E-state index in [2.05, 4.69) is 30.2 Å². The van der Waals surface area contributed by atoms with Gasteiger partial charge in [-0.2, -0.15) is 0 Å². The number of hydrogen-bond donors (Lipinski definition) is 2. The van der Waals surface area contributed by atoms with Gasteiger partial charge >= 0.3 is 0 Å². The Balaban J connectivity index is 2.05. The van der Waals surface area contributed by atoms with Crippen LogP contribution < -0.4 is 11.1 Å². The third kappa shape index (κ3) is 3.22. The maximum Gasteiger partial charge on any atom is 0.126 e. The SMILES string of the molecule is CCCNC1CCCC(c2cc(C)cnc2N)C1. The second-order valence-electron chi connectivity index (χ2n) is 5.50. The Morgan fingerprint density at radius 3 is 3.06 bits per heavy atom. The molecule has 18 heavy (non-hydrogen) atoms. The highest BCUT2D eigenvalue weighted by molar-refractivity contribution is 5.43. The summed E-state index contributed by atoms with van der Waals surface area (Å²) in [4.78, 5) is 4.30. The number of nitrogens with two attached hydrogens (primary N) is 1. The zero-order valence-electron chi connectivity index (χ0n) is 11.6. The molecule has 1 aliphatic rings. The Hall–Kier alpha value is -1.09. The quantitative estimate of drug-likeness (QED) is 0.860. The number of aryl methyl sites for hydroxylation is 1. The Morgan fingerprint density at radius 2 is 2.28 bits per heavy atom. The third-order valence-electron chi connectivity index (χ3n) is 3.88. The minimum absolute atomic E-state index is 0.584. The number of nitrogens with zero attached hydrogens (tertiary/aromatic N) is 1. The average molecular weight is 247 g/mol. The van der Waals surface area contributed by atoms with E-state index in [1.54, 1.807) is 0 Å². The van der Waals surface area contributed by atoms with Gasteiger partial charge in [0.15, 0.2) is 0 Å². The number of hydrogen-bond acceptors (Lipinski definition) is 3. The molecule has 0 bridgehead atoms. The van der Waals surface area contributed by atoms with E-state index < -0.39 is 0 Å². The summed E-state index contributed by atoms with van der Waals surface area (Å²) in [5.74, 6) is 1.31. The summed E-state index contributed by atoms with van der Waals surface area (Å²) in [6, 6.07) is 2.87. The fraction of sp³-hybridized carbons (Fsp3) is 0.667. The first-order valence-electron chi connectivity index (χ1n) is 7.16. The molecule has 3 heteroatoms. The molecule has 1 fully saturated rings. The van der Waals surface area contributed by atoms with Crippen molar-refractivity contribution in [2.45, 2.75) is 57.9 Å². The van der Waals surface area contributed by atoms with Crippen molar-refractivity contribution in [2.75, 3.05) is 12.3 Å². The molecule has 1 aliphatic carbocycles. The first-order valence-corrected chi connectivity index (χ1v) is 7.16. The summed E-state index contributed by atoms with van der Waals surface area (Å²) >= 11 is 0. The predicted molar refractivity (Wildman–Crippen MR) is 76.7 cm³/mol. The van der Waals surface area contributed by atoms with E-state index >= 15 is 0 Å². The van der Waals surface area contributed by atoms with Gasteiger partial charge in [-0.1, -0.05) is 19.4 Å². The van der Waals surface area contributed by atoms with Gasteiger partial charge in [-0.25, -0.2) is 4.98 Å². The summed E-state index contributed by atoms with van der Waals surface area (Å²) in [6.45, 7) is 5.43. The van der Waals surface area contributed by atoms with E-state index in [0.29, 0.717) is 12.0 Å². The van der Waals surface area contributed by atoms with Gasteiger partial charge in [-0.15, -0.1) is 0 Å². The van der Waals surface area contributed by atoms with Crippen LogP contribution in [0.5, 0.6) is 0 Å². The molecule has 0 saturated heterocycles. The van der Waals surface area contributed by atoms with Crippen molar-refractivity contribution in [2.24, 2.45) is 0 Å². The monoisotopic (exact) mass is 247 g/mol. The maximum absolute atomic E-state index is 6.03. The molecule has 2 atom stereocenters. The molecule has 1 heterocycles. The molecule has 2 unspecified atom stereocenters. The lowest BCUT2D eigenvalue weighted by atomic mass is 9.81. The Labute approximate surface area is 110 Å². The molecule has 3 N–H and O–H groups in total. The van der Waals surface area contributed by atoms with Gasteiger partial charge in [-0.3, -0.25) is 0 Å². The Morgan fingerprint density at radius 1 is 1.44 bits per heavy atom. The highest BCUT2D eigenvalue weighted by Crippen LogP contribution is 2.35. The summed E-state index contributed by atoms with van der Waals surface area (Å²) in [6.07, 6.45) is 8.10. The lowest BCUT2D eigenvalue weighted by Gasteiger charge is -2.30. The van der Waals surface area contributed by atoms with Gasteiger partial charge in [0.2, 0.25) is 0 Å². The highest BCUT2D eigenvalue weighted by Gasteiger charge is 2.24. The van der Waals surface area contributed by atoms with Crippen molar-refractivity contribution in [3.05, 3.63) is 23.4 Å². The molecule has 0 spiro atoms. The van der Waals surface area contributed by atoms with Crippen LogP contribution in [0.3, 0.4) is 0 Å². The minimum Gasteiger partial charge on any atom is -0.383 e. The molecule has 1 aromatic rings. The minimum atomic E-state index is 0.584. The van der Waals surface area contributed by atoms with Crippen molar-refractivity contribution in [3.8, 4) is 0 Å². The lowest BCUT2D eigenvalue weighted by Crippen LogP contribution is -2.34. The van der Waals surface area contributed by atoms with Crippen molar-refractivity contribution in [3.63, 3.8) is 0 Å². The fourth-order valence-corrected chi connectivity index (χ4v) is 2.94. The molecule has 3 nitrogen and oxygen atoms in total. The number of anilines is 1. The number of aromatic nitrogens is 1. The van der Waals surface area contributed by atoms with Crippen molar-refractivity contribution in [1.82, 2.24) is 10.3 Å². The first kappa shape index (κ1) is 13.3. The van der Waals surface area contributed by atoms with Crippen LogP contribution in [0.25, 0.3) is 0 Å². The fourth-order valence-electron chi connectivity index (χ4n) is 2.94. The molecule has 2 rings (SSSR count). The van der Waals surface area contributed by atoms with E-state index in [1.165, 1.54) is 43.2 Å². The standard InChI is InChI=1S/C15H25N3/c1-3-7-17-13-6-4-5-12(9-13)14-8-11(2)10-18-15(14)16/h8,10,12-13,17H,3-7,9H2,1-2H3,(H2,16,18). The second kappa shape index (κ2) is 6.19. The van der Waals surface area contributed by atoms with Crippen LogP contribution >= 0.6 is 0 Å². The smallest absolute Gasteiger partial charge is 0.126 e.